The zero-order valence-corrected chi connectivity index (χ0v) is 13.3. The van der Waals surface area contributed by atoms with Gasteiger partial charge in [-0.15, -0.1) is 0 Å². The molecule has 0 fully saturated rings. The Kier molecular flexibility index (Phi) is 5.00. The number of pyridine rings is 1. The summed E-state index contributed by atoms with van der Waals surface area (Å²) >= 11 is 5.80. The highest BCUT2D eigenvalue weighted by Gasteiger charge is 2.25. The van der Waals surface area contributed by atoms with E-state index in [1.54, 1.807) is 6.92 Å². The van der Waals surface area contributed by atoms with Gasteiger partial charge < -0.3 is 5.11 Å². The van der Waals surface area contributed by atoms with Crippen LogP contribution in [0.5, 0.6) is 0 Å². The Balaban J connectivity index is 2.52. The van der Waals surface area contributed by atoms with E-state index in [9.17, 15) is 12.8 Å². The first-order chi connectivity index (χ1) is 10.4. The number of nitrogens with zero attached hydrogens (tertiary/aromatic N) is 2. The van der Waals surface area contributed by atoms with Crippen molar-refractivity contribution in [2.24, 2.45) is 0 Å². The van der Waals surface area contributed by atoms with Crippen LogP contribution in [0.1, 0.15) is 5.56 Å². The summed E-state index contributed by atoms with van der Waals surface area (Å²) in [7, 11) is -3.99. The van der Waals surface area contributed by atoms with E-state index >= 15 is 0 Å². The number of benzene rings is 1. The van der Waals surface area contributed by atoms with Crippen molar-refractivity contribution >= 4 is 27.3 Å². The molecule has 0 aliphatic heterocycles. The average Bonchev–Trinajstić information content (AvgIpc) is 2.47. The minimum Gasteiger partial charge on any atom is -0.394 e. The maximum absolute atomic E-state index is 13.4. The van der Waals surface area contributed by atoms with Crippen LogP contribution in [0, 0.1) is 12.7 Å². The highest BCUT2D eigenvalue weighted by Crippen LogP contribution is 2.25. The van der Waals surface area contributed by atoms with Crippen LogP contribution in [0.25, 0.3) is 0 Å². The second-order valence-electron chi connectivity index (χ2n) is 4.56. The summed E-state index contributed by atoms with van der Waals surface area (Å²) in [6, 6.07) is 6.53. The van der Waals surface area contributed by atoms with Gasteiger partial charge in [-0.25, -0.2) is 17.8 Å². The number of halogens is 2. The number of aryl methyl sites for hydroxylation is 1. The number of hydrogen-bond acceptors (Lipinski definition) is 4. The summed E-state index contributed by atoms with van der Waals surface area (Å²) in [5.74, 6) is -0.568. The van der Waals surface area contributed by atoms with E-state index in [1.807, 2.05) is 0 Å². The molecule has 0 saturated carbocycles. The molecule has 0 atom stereocenters. The van der Waals surface area contributed by atoms with Gasteiger partial charge in [-0.2, -0.15) is 0 Å². The number of aromatic nitrogens is 1. The fraction of sp³-hybridized carbons (Fsp3) is 0.214. The lowest BCUT2D eigenvalue weighted by molar-refractivity contribution is 0.306. The second kappa shape index (κ2) is 6.60. The summed E-state index contributed by atoms with van der Waals surface area (Å²) in [6.07, 6.45) is 1.13. The third-order valence-corrected chi connectivity index (χ3v) is 5.16. The molecule has 1 aromatic carbocycles. The normalized spacial score (nSPS) is 11.5. The van der Waals surface area contributed by atoms with Gasteiger partial charge in [0.2, 0.25) is 0 Å². The third-order valence-electron chi connectivity index (χ3n) is 2.98. The zero-order valence-electron chi connectivity index (χ0n) is 11.7. The molecule has 118 valence electrons. The number of rotatable bonds is 5. The van der Waals surface area contributed by atoms with Gasteiger partial charge in [0.05, 0.1) is 18.8 Å². The van der Waals surface area contributed by atoms with E-state index in [4.69, 9.17) is 16.7 Å². The molecule has 2 aromatic rings. The molecule has 8 heteroatoms. The Morgan fingerprint density at radius 1 is 1.36 bits per heavy atom. The maximum Gasteiger partial charge on any atom is 0.265 e. The van der Waals surface area contributed by atoms with E-state index in [0.29, 0.717) is 5.56 Å². The fourth-order valence-electron chi connectivity index (χ4n) is 1.91. The molecule has 0 saturated heterocycles. The van der Waals surface area contributed by atoms with Crippen LogP contribution in [-0.4, -0.2) is 31.7 Å². The molecule has 0 unspecified atom stereocenters. The standard InChI is InChI=1S/C14H14ClFN2O3S/c1-10-7-13(9-17-14(10)15)22(20,21)18(5-6-19)12-4-2-3-11(16)8-12/h2-4,7-9,19H,5-6H2,1H3. The molecule has 1 aromatic heterocycles. The van der Waals surface area contributed by atoms with Crippen LogP contribution in [0.3, 0.4) is 0 Å². The lowest BCUT2D eigenvalue weighted by Gasteiger charge is -2.23. The molecule has 22 heavy (non-hydrogen) atoms. The van der Waals surface area contributed by atoms with Gasteiger partial charge >= 0.3 is 0 Å². The van der Waals surface area contributed by atoms with Gasteiger partial charge in [0.25, 0.3) is 10.0 Å². The Hall–Kier alpha value is -1.70. The summed E-state index contributed by atoms with van der Waals surface area (Å²) in [6.45, 7) is 1.02. The van der Waals surface area contributed by atoms with Crippen molar-refractivity contribution in [2.45, 2.75) is 11.8 Å². The molecule has 2 rings (SSSR count). The van der Waals surface area contributed by atoms with Gasteiger partial charge in [-0.1, -0.05) is 17.7 Å². The average molecular weight is 345 g/mol. The van der Waals surface area contributed by atoms with E-state index in [1.165, 1.54) is 24.3 Å². The van der Waals surface area contributed by atoms with Crippen LogP contribution < -0.4 is 4.31 Å². The zero-order chi connectivity index (χ0) is 16.3. The van der Waals surface area contributed by atoms with Crippen molar-refractivity contribution in [3.63, 3.8) is 0 Å². The number of hydrogen-bond donors (Lipinski definition) is 1. The van der Waals surface area contributed by atoms with Crippen LogP contribution >= 0.6 is 11.6 Å². The van der Waals surface area contributed by atoms with E-state index in [0.717, 1.165) is 16.6 Å². The van der Waals surface area contributed by atoms with Crippen molar-refractivity contribution in [3.05, 3.63) is 53.1 Å². The Morgan fingerprint density at radius 3 is 2.68 bits per heavy atom. The molecule has 0 aliphatic carbocycles. The Labute approximate surface area is 133 Å². The monoisotopic (exact) mass is 344 g/mol. The van der Waals surface area contributed by atoms with Crippen molar-refractivity contribution < 1.29 is 17.9 Å². The van der Waals surface area contributed by atoms with Gasteiger partial charge in [0, 0.05) is 6.20 Å². The molecule has 5 nitrogen and oxygen atoms in total. The molecule has 0 amide bonds. The lowest BCUT2D eigenvalue weighted by atomic mass is 10.3. The van der Waals surface area contributed by atoms with Crippen LogP contribution in [0.15, 0.2) is 41.4 Å². The number of aliphatic hydroxyl groups is 1. The molecule has 0 aliphatic rings. The molecular weight excluding hydrogens is 331 g/mol. The number of sulfonamides is 1. The maximum atomic E-state index is 13.4. The van der Waals surface area contributed by atoms with Crippen molar-refractivity contribution in [1.29, 1.82) is 0 Å². The summed E-state index contributed by atoms with van der Waals surface area (Å²) in [5.41, 5.74) is 0.632. The first-order valence-corrected chi connectivity index (χ1v) is 8.19. The van der Waals surface area contributed by atoms with Gasteiger partial charge in [-0.05, 0) is 36.8 Å². The van der Waals surface area contributed by atoms with Gasteiger partial charge in [0.1, 0.15) is 15.9 Å². The number of anilines is 1. The molecule has 0 radical (unpaired) electrons. The molecule has 0 bridgehead atoms. The summed E-state index contributed by atoms with van der Waals surface area (Å²) in [5, 5.41) is 9.35. The quantitative estimate of drug-likeness (QED) is 0.845. The highest BCUT2D eigenvalue weighted by atomic mass is 35.5. The molecule has 1 heterocycles. The van der Waals surface area contributed by atoms with E-state index in [-0.39, 0.29) is 22.3 Å². The Morgan fingerprint density at radius 2 is 2.09 bits per heavy atom. The first-order valence-electron chi connectivity index (χ1n) is 6.37. The second-order valence-corrected chi connectivity index (χ2v) is 6.78. The van der Waals surface area contributed by atoms with E-state index < -0.39 is 22.4 Å². The lowest BCUT2D eigenvalue weighted by Crippen LogP contribution is -2.33. The molecular formula is C14H14ClFN2O3S. The third kappa shape index (κ3) is 3.37. The highest BCUT2D eigenvalue weighted by molar-refractivity contribution is 7.92. The van der Waals surface area contributed by atoms with Crippen molar-refractivity contribution in [1.82, 2.24) is 4.98 Å². The van der Waals surface area contributed by atoms with Crippen molar-refractivity contribution in [3.8, 4) is 0 Å². The fourth-order valence-corrected chi connectivity index (χ4v) is 3.49. The summed E-state index contributed by atoms with van der Waals surface area (Å²) in [4.78, 5) is 3.74. The minimum absolute atomic E-state index is 0.0767. The van der Waals surface area contributed by atoms with Crippen LogP contribution in [0.4, 0.5) is 10.1 Å². The predicted octanol–water partition coefficient (Wildman–Crippen LogP) is 2.37. The van der Waals surface area contributed by atoms with Gasteiger partial charge in [0.15, 0.2) is 0 Å². The summed E-state index contributed by atoms with van der Waals surface area (Å²) < 4.78 is 39.7. The number of aliphatic hydroxyl groups excluding tert-OH is 1. The van der Waals surface area contributed by atoms with Crippen molar-refractivity contribution in [2.75, 3.05) is 17.5 Å². The predicted molar refractivity (Wildman–Crippen MR) is 82.0 cm³/mol. The van der Waals surface area contributed by atoms with Gasteiger partial charge in [-0.3, -0.25) is 4.31 Å². The Bertz CT molecular complexity index is 783. The largest absolute Gasteiger partial charge is 0.394 e. The first kappa shape index (κ1) is 16.7. The molecule has 1 N–H and O–H groups in total. The molecule has 0 spiro atoms. The topological polar surface area (TPSA) is 70.5 Å². The SMILES string of the molecule is Cc1cc(S(=O)(=O)N(CCO)c2cccc(F)c2)cnc1Cl. The minimum atomic E-state index is -3.99. The smallest absolute Gasteiger partial charge is 0.265 e. The van der Waals surface area contributed by atoms with E-state index in [2.05, 4.69) is 4.98 Å². The van der Waals surface area contributed by atoms with Crippen LogP contribution in [0.2, 0.25) is 5.15 Å². The van der Waals surface area contributed by atoms with Crippen LogP contribution in [-0.2, 0) is 10.0 Å².